The number of hydrogen-bond acceptors (Lipinski definition) is 5. The van der Waals surface area contributed by atoms with Crippen LogP contribution in [0.3, 0.4) is 0 Å². The maximum absolute atomic E-state index is 11.4. The third kappa shape index (κ3) is 2.69. The molecule has 1 atom stereocenters. The molecule has 1 aromatic heterocycles. The van der Waals surface area contributed by atoms with Crippen LogP contribution in [0.5, 0.6) is 0 Å². The molecule has 20 heavy (non-hydrogen) atoms. The van der Waals surface area contributed by atoms with Gasteiger partial charge in [0.15, 0.2) is 0 Å². The fourth-order valence-corrected chi connectivity index (χ4v) is 2.96. The summed E-state index contributed by atoms with van der Waals surface area (Å²) < 4.78 is 7.16. The molecule has 2 aliphatic heterocycles. The van der Waals surface area contributed by atoms with Crippen LogP contribution in [0, 0.1) is 0 Å². The second kappa shape index (κ2) is 5.88. The van der Waals surface area contributed by atoms with E-state index in [0.29, 0.717) is 6.42 Å². The van der Waals surface area contributed by atoms with Crippen molar-refractivity contribution in [3.8, 4) is 0 Å². The molecule has 7 heteroatoms. The Morgan fingerprint density at radius 1 is 1.35 bits per heavy atom. The Balaban J connectivity index is 1.70. The van der Waals surface area contributed by atoms with Gasteiger partial charge in [-0.3, -0.25) is 4.90 Å². The zero-order valence-corrected chi connectivity index (χ0v) is 11.5. The van der Waals surface area contributed by atoms with Gasteiger partial charge in [-0.05, 0) is 12.8 Å². The lowest BCUT2D eigenvalue weighted by Gasteiger charge is -2.27. The third-order valence-electron chi connectivity index (χ3n) is 4.07. The minimum absolute atomic E-state index is 0.492. The first-order valence-electron chi connectivity index (χ1n) is 7.21. The van der Waals surface area contributed by atoms with E-state index in [9.17, 15) is 9.90 Å². The molecular weight excluding hydrogens is 260 g/mol. The third-order valence-corrected chi connectivity index (χ3v) is 4.07. The molecule has 2 aliphatic rings. The fraction of sp³-hybridized carbons (Fsp3) is 0.769. The number of morpholine rings is 1. The minimum atomic E-state index is -0.779. The molecule has 3 heterocycles. The van der Waals surface area contributed by atoms with E-state index in [-0.39, 0.29) is 0 Å². The van der Waals surface area contributed by atoms with E-state index in [0.717, 1.165) is 63.8 Å². The number of aromatic nitrogens is 3. The van der Waals surface area contributed by atoms with Gasteiger partial charge < -0.3 is 14.4 Å². The summed E-state index contributed by atoms with van der Waals surface area (Å²) in [6, 6.07) is -0.492. The molecule has 1 aromatic rings. The molecule has 0 saturated carbocycles. The number of ether oxygens (including phenoxy) is 1. The van der Waals surface area contributed by atoms with Gasteiger partial charge in [0.1, 0.15) is 17.7 Å². The average Bonchev–Trinajstić information content (AvgIpc) is 2.89. The predicted octanol–water partition coefficient (Wildman–Crippen LogP) is 0.115. The number of hydrogen-bond donors (Lipinski definition) is 1. The molecule has 0 radical (unpaired) electrons. The molecular formula is C13H20N4O3. The van der Waals surface area contributed by atoms with E-state index in [4.69, 9.17) is 4.74 Å². The highest BCUT2D eigenvalue weighted by molar-refractivity contribution is 5.72. The monoisotopic (exact) mass is 280 g/mol. The second-order valence-corrected chi connectivity index (χ2v) is 5.35. The van der Waals surface area contributed by atoms with Crippen LogP contribution in [-0.2, 0) is 22.4 Å². The summed E-state index contributed by atoms with van der Waals surface area (Å²) in [6.07, 6.45) is 3.12. The quantitative estimate of drug-likeness (QED) is 0.843. The number of carbonyl (C=O) groups is 1. The Morgan fingerprint density at radius 3 is 2.90 bits per heavy atom. The summed E-state index contributed by atoms with van der Waals surface area (Å²) in [4.78, 5) is 13.7. The first kappa shape index (κ1) is 13.5. The van der Waals surface area contributed by atoms with Crippen molar-refractivity contribution < 1.29 is 14.6 Å². The van der Waals surface area contributed by atoms with Crippen LogP contribution in [0.25, 0.3) is 0 Å². The molecule has 1 unspecified atom stereocenters. The van der Waals surface area contributed by atoms with Crippen molar-refractivity contribution in [3.05, 3.63) is 11.6 Å². The van der Waals surface area contributed by atoms with E-state index in [1.165, 1.54) is 0 Å². The van der Waals surface area contributed by atoms with Gasteiger partial charge in [0.05, 0.1) is 13.2 Å². The highest BCUT2D eigenvalue weighted by atomic mass is 16.5. The molecule has 0 aromatic carbocycles. The van der Waals surface area contributed by atoms with Crippen LogP contribution < -0.4 is 0 Å². The van der Waals surface area contributed by atoms with E-state index in [1.54, 1.807) is 0 Å². The van der Waals surface area contributed by atoms with Crippen molar-refractivity contribution in [2.24, 2.45) is 0 Å². The van der Waals surface area contributed by atoms with Crippen LogP contribution >= 0.6 is 0 Å². The summed E-state index contributed by atoms with van der Waals surface area (Å²) >= 11 is 0. The van der Waals surface area contributed by atoms with Gasteiger partial charge in [0.25, 0.3) is 0 Å². The summed E-state index contributed by atoms with van der Waals surface area (Å²) in [7, 11) is 0. The minimum Gasteiger partial charge on any atom is -0.480 e. The summed E-state index contributed by atoms with van der Waals surface area (Å²) in [5.41, 5.74) is 0. The number of rotatable bonds is 4. The molecule has 7 nitrogen and oxygen atoms in total. The maximum Gasteiger partial charge on any atom is 0.326 e. The van der Waals surface area contributed by atoms with Gasteiger partial charge >= 0.3 is 5.97 Å². The SMILES string of the molecule is O=C(O)C1CCCc2nnc(CCN3CCOCC3)n21. The molecule has 110 valence electrons. The molecule has 0 amide bonds. The number of carboxylic acid groups (broad SMARTS) is 1. The lowest BCUT2D eigenvalue weighted by molar-refractivity contribution is -0.141. The van der Waals surface area contributed by atoms with E-state index < -0.39 is 12.0 Å². The zero-order chi connectivity index (χ0) is 13.9. The molecule has 3 rings (SSSR count). The average molecular weight is 280 g/mol. The fourth-order valence-electron chi connectivity index (χ4n) is 2.96. The molecule has 0 bridgehead atoms. The van der Waals surface area contributed by atoms with Gasteiger partial charge in [-0.2, -0.15) is 0 Å². The number of nitrogens with zero attached hydrogens (tertiary/aromatic N) is 4. The standard InChI is InChI=1S/C13H20N4O3/c18-13(19)10-2-1-3-11-14-15-12(17(10)11)4-5-16-6-8-20-9-7-16/h10H,1-9H2,(H,18,19). The van der Waals surface area contributed by atoms with Crippen LogP contribution in [0.1, 0.15) is 30.5 Å². The van der Waals surface area contributed by atoms with Gasteiger partial charge in [0, 0.05) is 32.5 Å². The number of fused-ring (bicyclic) bond motifs is 1. The van der Waals surface area contributed by atoms with Crippen molar-refractivity contribution in [1.29, 1.82) is 0 Å². The first-order chi connectivity index (χ1) is 9.75. The Bertz CT molecular complexity index is 482. The van der Waals surface area contributed by atoms with Crippen LogP contribution in [0.15, 0.2) is 0 Å². The van der Waals surface area contributed by atoms with E-state index in [2.05, 4.69) is 15.1 Å². The molecule has 1 N–H and O–H groups in total. The van der Waals surface area contributed by atoms with Crippen LogP contribution in [-0.4, -0.2) is 63.6 Å². The first-order valence-corrected chi connectivity index (χ1v) is 7.21. The molecule has 1 fully saturated rings. The Kier molecular flexibility index (Phi) is 3.98. The highest BCUT2D eigenvalue weighted by Crippen LogP contribution is 2.25. The topological polar surface area (TPSA) is 80.5 Å². The predicted molar refractivity (Wildman–Crippen MR) is 70.6 cm³/mol. The largest absolute Gasteiger partial charge is 0.480 e. The smallest absolute Gasteiger partial charge is 0.326 e. The van der Waals surface area contributed by atoms with Gasteiger partial charge in [-0.1, -0.05) is 0 Å². The number of aliphatic carboxylic acids is 1. The van der Waals surface area contributed by atoms with Crippen molar-refractivity contribution >= 4 is 5.97 Å². The van der Waals surface area contributed by atoms with Crippen LogP contribution in [0.4, 0.5) is 0 Å². The summed E-state index contributed by atoms with van der Waals surface area (Å²) in [5.74, 6) is 0.845. The second-order valence-electron chi connectivity index (χ2n) is 5.35. The van der Waals surface area contributed by atoms with E-state index in [1.807, 2.05) is 4.57 Å². The highest BCUT2D eigenvalue weighted by Gasteiger charge is 2.29. The zero-order valence-electron chi connectivity index (χ0n) is 11.5. The van der Waals surface area contributed by atoms with Crippen molar-refractivity contribution in [2.75, 3.05) is 32.8 Å². The molecule has 1 saturated heterocycles. The summed E-state index contributed by atoms with van der Waals surface area (Å²) in [6.45, 7) is 4.30. The van der Waals surface area contributed by atoms with Gasteiger partial charge in [-0.15, -0.1) is 10.2 Å². The Morgan fingerprint density at radius 2 is 2.15 bits per heavy atom. The lowest BCUT2D eigenvalue weighted by atomic mass is 10.0. The summed E-state index contributed by atoms with van der Waals surface area (Å²) in [5, 5.41) is 17.7. The van der Waals surface area contributed by atoms with Gasteiger partial charge in [-0.25, -0.2) is 4.79 Å². The van der Waals surface area contributed by atoms with E-state index >= 15 is 0 Å². The number of aryl methyl sites for hydroxylation is 1. The molecule has 0 spiro atoms. The van der Waals surface area contributed by atoms with Crippen molar-refractivity contribution in [1.82, 2.24) is 19.7 Å². The Hall–Kier alpha value is -1.47. The normalized spacial score (nSPS) is 23.5. The maximum atomic E-state index is 11.4. The Labute approximate surface area is 117 Å². The van der Waals surface area contributed by atoms with Crippen molar-refractivity contribution in [3.63, 3.8) is 0 Å². The van der Waals surface area contributed by atoms with Crippen molar-refractivity contribution in [2.45, 2.75) is 31.7 Å². The lowest BCUT2D eigenvalue weighted by Crippen LogP contribution is -2.38. The van der Waals surface area contributed by atoms with Gasteiger partial charge in [0.2, 0.25) is 0 Å². The van der Waals surface area contributed by atoms with Crippen LogP contribution in [0.2, 0.25) is 0 Å². The number of carboxylic acids is 1. The molecule has 0 aliphatic carbocycles.